The van der Waals surface area contributed by atoms with Gasteiger partial charge in [0, 0.05) is 18.7 Å². The van der Waals surface area contributed by atoms with E-state index in [1.165, 1.54) is 0 Å². The Labute approximate surface area is 119 Å². The Balaban J connectivity index is 1.61. The van der Waals surface area contributed by atoms with Crippen molar-refractivity contribution in [2.24, 2.45) is 11.3 Å². The van der Waals surface area contributed by atoms with E-state index >= 15 is 0 Å². The molecular formula is C16H22N2O2. The molecule has 1 saturated heterocycles. The lowest BCUT2D eigenvalue weighted by atomic mass is 9.92. The Hall–Kier alpha value is -1.39. The third-order valence-corrected chi connectivity index (χ3v) is 4.61. The second-order valence-corrected chi connectivity index (χ2v) is 5.99. The number of piperidine rings is 1. The highest BCUT2D eigenvalue weighted by Crippen LogP contribution is 2.58. The number of anilines is 1. The van der Waals surface area contributed by atoms with E-state index in [1.807, 2.05) is 24.3 Å². The Bertz CT molecular complexity index is 495. The summed E-state index contributed by atoms with van der Waals surface area (Å²) in [6.45, 7) is 2.67. The van der Waals surface area contributed by atoms with E-state index < -0.39 is 0 Å². The molecule has 0 radical (unpaired) electrons. The van der Waals surface area contributed by atoms with Gasteiger partial charge in [-0.25, -0.2) is 0 Å². The Morgan fingerprint density at radius 2 is 2.25 bits per heavy atom. The second kappa shape index (κ2) is 5.54. The molecule has 108 valence electrons. The topological polar surface area (TPSA) is 50.4 Å². The third kappa shape index (κ3) is 2.72. The molecule has 4 nitrogen and oxygen atoms in total. The number of carbonyl (C=O) groups excluding carboxylic acids is 1. The normalized spacial score (nSPS) is 23.6. The van der Waals surface area contributed by atoms with Crippen LogP contribution >= 0.6 is 0 Å². The first-order valence-corrected chi connectivity index (χ1v) is 7.33. The molecule has 0 aromatic heterocycles. The van der Waals surface area contributed by atoms with E-state index in [4.69, 9.17) is 4.74 Å². The van der Waals surface area contributed by atoms with Gasteiger partial charge in [-0.3, -0.25) is 4.79 Å². The summed E-state index contributed by atoms with van der Waals surface area (Å²) in [5.74, 6) is 0.386. The van der Waals surface area contributed by atoms with Crippen molar-refractivity contribution in [3.63, 3.8) is 0 Å². The molecule has 1 aromatic rings. The molecule has 1 aromatic carbocycles. The van der Waals surface area contributed by atoms with Crippen molar-refractivity contribution in [3.8, 4) is 0 Å². The smallest absolute Gasteiger partial charge is 0.228 e. The molecule has 4 heteroatoms. The summed E-state index contributed by atoms with van der Waals surface area (Å²) in [6, 6.07) is 7.88. The minimum absolute atomic E-state index is 0.182. The molecule has 1 atom stereocenters. The lowest BCUT2D eigenvalue weighted by Gasteiger charge is -2.23. The van der Waals surface area contributed by atoms with Crippen LogP contribution < -0.4 is 10.6 Å². The first-order chi connectivity index (χ1) is 9.73. The van der Waals surface area contributed by atoms with Gasteiger partial charge < -0.3 is 15.4 Å². The summed E-state index contributed by atoms with van der Waals surface area (Å²) >= 11 is 0. The molecule has 1 spiro atoms. The fourth-order valence-electron chi connectivity index (χ4n) is 3.33. The molecular weight excluding hydrogens is 252 g/mol. The minimum atomic E-state index is 0.182. The zero-order chi connectivity index (χ0) is 14.0. The van der Waals surface area contributed by atoms with Crippen LogP contribution in [0.4, 0.5) is 5.69 Å². The van der Waals surface area contributed by atoms with E-state index in [1.54, 1.807) is 7.11 Å². The average Bonchev–Trinajstić information content (AvgIpc) is 3.14. The molecule has 20 heavy (non-hydrogen) atoms. The van der Waals surface area contributed by atoms with Gasteiger partial charge in [-0.1, -0.05) is 12.1 Å². The van der Waals surface area contributed by atoms with Crippen LogP contribution in [0.15, 0.2) is 24.3 Å². The van der Waals surface area contributed by atoms with Gasteiger partial charge in [0.15, 0.2) is 0 Å². The van der Waals surface area contributed by atoms with Crippen molar-refractivity contribution in [2.45, 2.75) is 25.9 Å². The van der Waals surface area contributed by atoms with Crippen molar-refractivity contribution in [2.75, 3.05) is 25.5 Å². The summed E-state index contributed by atoms with van der Waals surface area (Å²) in [5, 5.41) is 6.42. The summed E-state index contributed by atoms with van der Waals surface area (Å²) < 4.78 is 5.12. The summed E-state index contributed by atoms with van der Waals surface area (Å²) in [4.78, 5) is 12.4. The van der Waals surface area contributed by atoms with Crippen LogP contribution in [0.3, 0.4) is 0 Å². The van der Waals surface area contributed by atoms with Gasteiger partial charge in [0.1, 0.15) is 0 Å². The highest BCUT2D eigenvalue weighted by atomic mass is 16.5. The second-order valence-electron chi connectivity index (χ2n) is 5.99. The predicted octanol–water partition coefficient (Wildman–Crippen LogP) is 2.16. The van der Waals surface area contributed by atoms with Gasteiger partial charge in [-0.2, -0.15) is 0 Å². The number of nitrogens with one attached hydrogen (secondary N) is 2. The van der Waals surface area contributed by atoms with Crippen LogP contribution in [0.1, 0.15) is 24.8 Å². The van der Waals surface area contributed by atoms with Crippen molar-refractivity contribution in [1.82, 2.24) is 5.32 Å². The third-order valence-electron chi connectivity index (χ3n) is 4.61. The largest absolute Gasteiger partial charge is 0.380 e. The highest BCUT2D eigenvalue weighted by molar-refractivity contribution is 5.95. The molecule has 1 unspecified atom stereocenters. The van der Waals surface area contributed by atoms with Gasteiger partial charge in [0.05, 0.1) is 6.61 Å². The Morgan fingerprint density at radius 1 is 1.45 bits per heavy atom. The zero-order valence-corrected chi connectivity index (χ0v) is 11.9. The fraction of sp³-hybridized carbons (Fsp3) is 0.562. The van der Waals surface area contributed by atoms with Gasteiger partial charge in [-0.15, -0.1) is 0 Å². The number of amides is 1. The monoisotopic (exact) mass is 274 g/mol. The number of benzene rings is 1. The van der Waals surface area contributed by atoms with Gasteiger partial charge in [0.2, 0.25) is 5.91 Å². The van der Waals surface area contributed by atoms with E-state index in [0.29, 0.717) is 12.0 Å². The lowest BCUT2D eigenvalue weighted by Crippen LogP contribution is -2.31. The van der Waals surface area contributed by atoms with Crippen LogP contribution in [0, 0.1) is 11.3 Å². The average molecular weight is 274 g/mol. The molecule has 1 aliphatic carbocycles. The zero-order valence-electron chi connectivity index (χ0n) is 11.9. The van der Waals surface area contributed by atoms with Crippen molar-refractivity contribution in [3.05, 3.63) is 29.8 Å². The standard InChI is InChI=1S/C16H22N2O2/c1-20-11-12-3-2-4-13(9-12)18-15(19)14-10-16(14)5-7-17-8-6-16/h2-4,9,14,17H,5-8,10-11H2,1H3,(H,18,19). The SMILES string of the molecule is COCc1cccc(NC(=O)C2CC23CCNCC3)c1. The van der Waals surface area contributed by atoms with E-state index in [2.05, 4.69) is 10.6 Å². The number of carbonyl (C=O) groups is 1. The fourth-order valence-corrected chi connectivity index (χ4v) is 3.33. The molecule has 1 saturated carbocycles. The van der Waals surface area contributed by atoms with E-state index in [-0.39, 0.29) is 11.8 Å². The van der Waals surface area contributed by atoms with E-state index in [9.17, 15) is 4.79 Å². The van der Waals surface area contributed by atoms with Gasteiger partial charge >= 0.3 is 0 Å². The molecule has 2 N–H and O–H groups in total. The summed E-state index contributed by atoms with van der Waals surface area (Å²) in [7, 11) is 1.68. The van der Waals surface area contributed by atoms with Crippen LogP contribution in [-0.4, -0.2) is 26.1 Å². The summed E-state index contributed by atoms with van der Waals surface area (Å²) in [6.07, 6.45) is 3.32. The van der Waals surface area contributed by atoms with Crippen molar-refractivity contribution >= 4 is 11.6 Å². The molecule has 1 amide bonds. The molecule has 3 rings (SSSR count). The molecule has 2 fully saturated rings. The minimum Gasteiger partial charge on any atom is -0.380 e. The quantitative estimate of drug-likeness (QED) is 0.884. The molecule has 1 heterocycles. The Kier molecular flexibility index (Phi) is 3.76. The maximum Gasteiger partial charge on any atom is 0.228 e. The maximum absolute atomic E-state index is 12.4. The number of ether oxygens (including phenoxy) is 1. The van der Waals surface area contributed by atoms with Crippen LogP contribution in [0.25, 0.3) is 0 Å². The van der Waals surface area contributed by atoms with Crippen LogP contribution in [0.2, 0.25) is 0 Å². The first-order valence-electron chi connectivity index (χ1n) is 7.33. The molecule has 0 bridgehead atoms. The van der Waals surface area contributed by atoms with Crippen molar-refractivity contribution in [1.29, 1.82) is 0 Å². The lowest BCUT2D eigenvalue weighted by molar-refractivity contribution is -0.118. The van der Waals surface area contributed by atoms with Crippen LogP contribution in [0.5, 0.6) is 0 Å². The Morgan fingerprint density at radius 3 is 3.00 bits per heavy atom. The first kappa shape index (κ1) is 13.6. The molecule has 2 aliphatic rings. The maximum atomic E-state index is 12.4. The van der Waals surface area contributed by atoms with Crippen LogP contribution in [-0.2, 0) is 16.1 Å². The predicted molar refractivity (Wildman–Crippen MR) is 78.4 cm³/mol. The van der Waals surface area contributed by atoms with Crippen molar-refractivity contribution < 1.29 is 9.53 Å². The molecule has 1 aliphatic heterocycles. The number of rotatable bonds is 4. The number of hydrogen-bond donors (Lipinski definition) is 2. The summed E-state index contributed by atoms with van der Waals surface area (Å²) in [5.41, 5.74) is 2.25. The number of methoxy groups -OCH3 is 1. The number of hydrogen-bond acceptors (Lipinski definition) is 3. The van der Waals surface area contributed by atoms with Gasteiger partial charge in [-0.05, 0) is 55.5 Å². The highest BCUT2D eigenvalue weighted by Gasteiger charge is 2.57. The van der Waals surface area contributed by atoms with Gasteiger partial charge in [0.25, 0.3) is 0 Å². The van der Waals surface area contributed by atoms with E-state index in [0.717, 1.165) is 43.6 Å².